The van der Waals surface area contributed by atoms with E-state index in [1.165, 1.54) is 9.91 Å². The smallest absolute Gasteiger partial charge is 0.317 e. The van der Waals surface area contributed by atoms with Gasteiger partial charge in [-0.3, -0.25) is 4.79 Å². The maximum absolute atomic E-state index is 13.1. The van der Waals surface area contributed by atoms with Crippen LogP contribution in [0.3, 0.4) is 0 Å². The first-order chi connectivity index (χ1) is 14.5. The Balaban J connectivity index is 1.94. The van der Waals surface area contributed by atoms with Crippen LogP contribution >= 0.6 is 11.6 Å². The molecule has 0 radical (unpaired) electrons. The van der Waals surface area contributed by atoms with Crippen molar-refractivity contribution in [2.45, 2.75) is 19.4 Å². The van der Waals surface area contributed by atoms with Crippen LogP contribution in [-0.4, -0.2) is 54.8 Å². The number of ether oxygens (including phenoxy) is 1. The van der Waals surface area contributed by atoms with E-state index < -0.39 is 0 Å². The van der Waals surface area contributed by atoms with Gasteiger partial charge in [0.1, 0.15) is 12.3 Å². The Morgan fingerprint density at radius 3 is 2.63 bits per heavy atom. The number of nitrogens with one attached hydrogen (secondary N) is 1. The number of hydrazone groups is 1. The molecule has 7 nitrogen and oxygen atoms in total. The minimum atomic E-state index is -0.359. The highest BCUT2D eigenvalue weighted by Gasteiger charge is 2.35. The standard InChI is InChI=1S/C22H25ClN4O3/c1-4-24-22(29)26(2)14-21(28)27-19(16-10-6-8-12-20(16)30-3)13-18(25-27)15-9-5-7-11-17(15)23/h5-12,19H,4,13-14H2,1-3H3,(H,24,29)/t19-/m1/s1. The molecule has 0 bridgehead atoms. The van der Waals surface area contributed by atoms with Crippen LogP contribution in [0.5, 0.6) is 5.75 Å². The summed E-state index contributed by atoms with van der Waals surface area (Å²) in [6.07, 6.45) is 0.487. The molecule has 3 rings (SSSR count). The molecule has 0 aromatic heterocycles. The van der Waals surface area contributed by atoms with Crippen LogP contribution in [0.4, 0.5) is 4.79 Å². The predicted octanol–water partition coefficient (Wildman–Crippen LogP) is 3.69. The maximum Gasteiger partial charge on any atom is 0.317 e. The molecule has 1 aliphatic heterocycles. The zero-order valence-corrected chi connectivity index (χ0v) is 18.0. The van der Waals surface area contributed by atoms with Crippen LogP contribution in [0.15, 0.2) is 53.6 Å². The topological polar surface area (TPSA) is 74.2 Å². The van der Waals surface area contributed by atoms with Crippen molar-refractivity contribution in [1.29, 1.82) is 0 Å². The Kier molecular flexibility index (Phi) is 6.95. The number of methoxy groups -OCH3 is 1. The van der Waals surface area contributed by atoms with Crippen LogP contribution in [0.2, 0.25) is 5.02 Å². The molecular formula is C22H25ClN4O3. The zero-order valence-electron chi connectivity index (χ0n) is 17.3. The molecule has 0 unspecified atom stereocenters. The van der Waals surface area contributed by atoms with E-state index in [0.717, 1.165) is 11.1 Å². The lowest BCUT2D eigenvalue weighted by molar-refractivity contribution is -0.133. The van der Waals surface area contributed by atoms with Gasteiger partial charge < -0.3 is 15.0 Å². The van der Waals surface area contributed by atoms with E-state index in [0.29, 0.717) is 29.4 Å². The summed E-state index contributed by atoms with van der Waals surface area (Å²) in [4.78, 5) is 26.5. The van der Waals surface area contributed by atoms with Crippen LogP contribution in [0.1, 0.15) is 30.5 Å². The normalized spacial score (nSPS) is 15.5. The highest BCUT2D eigenvalue weighted by atomic mass is 35.5. The van der Waals surface area contributed by atoms with Crippen molar-refractivity contribution in [3.63, 3.8) is 0 Å². The lowest BCUT2D eigenvalue weighted by Crippen LogP contribution is -2.43. The van der Waals surface area contributed by atoms with Gasteiger partial charge in [-0.2, -0.15) is 5.10 Å². The van der Waals surface area contributed by atoms with Gasteiger partial charge in [-0.1, -0.05) is 48.0 Å². The summed E-state index contributed by atoms with van der Waals surface area (Å²) < 4.78 is 5.51. The quantitative estimate of drug-likeness (QED) is 0.762. The minimum absolute atomic E-state index is 0.100. The maximum atomic E-state index is 13.1. The molecule has 0 saturated carbocycles. The van der Waals surface area contributed by atoms with Gasteiger partial charge >= 0.3 is 6.03 Å². The van der Waals surface area contributed by atoms with Gasteiger partial charge in [-0.25, -0.2) is 9.80 Å². The number of hydrogen-bond donors (Lipinski definition) is 1. The first-order valence-corrected chi connectivity index (χ1v) is 10.1. The largest absolute Gasteiger partial charge is 0.496 e. The number of para-hydroxylation sites is 1. The van der Waals surface area contributed by atoms with Gasteiger partial charge in [-0.05, 0) is 19.1 Å². The van der Waals surface area contributed by atoms with E-state index in [-0.39, 0.29) is 24.5 Å². The summed E-state index contributed by atoms with van der Waals surface area (Å²) in [6.45, 7) is 2.21. The molecule has 1 N–H and O–H groups in total. The molecular weight excluding hydrogens is 404 g/mol. The molecule has 30 heavy (non-hydrogen) atoms. The monoisotopic (exact) mass is 428 g/mol. The third kappa shape index (κ3) is 4.57. The molecule has 1 aliphatic rings. The molecule has 2 aromatic rings. The number of likely N-dealkylation sites (N-methyl/N-ethyl adjacent to an activating group) is 1. The Morgan fingerprint density at radius 1 is 1.23 bits per heavy atom. The van der Waals surface area contributed by atoms with Crippen molar-refractivity contribution in [2.75, 3.05) is 27.2 Å². The average molecular weight is 429 g/mol. The number of halogens is 1. The van der Waals surface area contributed by atoms with Crippen molar-refractivity contribution < 1.29 is 14.3 Å². The summed E-state index contributed by atoms with van der Waals surface area (Å²) in [6, 6.07) is 14.3. The highest BCUT2D eigenvalue weighted by Crippen LogP contribution is 2.38. The van der Waals surface area contributed by atoms with Crippen molar-refractivity contribution in [2.24, 2.45) is 5.10 Å². The number of carbonyl (C=O) groups excluding carboxylic acids is 2. The van der Waals surface area contributed by atoms with Gasteiger partial charge in [0, 0.05) is 36.2 Å². The molecule has 2 aromatic carbocycles. The summed E-state index contributed by atoms with van der Waals surface area (Å²) in [7, 11) is 3.18. The summed E-state index contributed by atoms with van der Waals surface area (Å²) >= 11 is 6.37. The van der Waals surface area contributed by atoms with Crippen molar-refractivity contribution in [3.05, 3.63) is 64.7 Å². The fourth-order valence-electron chi connectivity index (χ4n) is 3.42. The third-order valence-electron chi connectivity index (χ3n) is 4.90. The van der Waals surface area contributed by atoms with Crippen molar-refractivity contribution in [1.82, 2.24) is 15.2 Å². The van der Waals surface area contributed by atoms with E-state index in [4.69, 9.17) is 16.3 Å². The lowest BCUT2D eigenvalue weighted by atomic mass is 9.97. The number of hydrogen-bond acceptors (Lipinski definition) is 4. The summed E-state index contributed by atoms with van der Waals surface area (Å²) in [5, 5.41) is 9.31. The molecule has 0 saturated heterocycles. The van der Waals surface area contributed by atoms with E-state index in [1.54, 1.807) is 20.2 Å². The van der Waals surface area contributed by atoms with Crippen LogP contribution in [0.25, 0.3) is 0 Å². The third-order valence-corrected chi connectivity index (χ3v) is 5.23. The second-order valence-electron chi connectivity index (χ2n) is 6.92. The fraction of sp³-hybridized carbons (Fsp3) is 0.318. The number of benzene rings is 2. The molecule has 8 heteroatoms. The van der Waals surface area contributed by atoms with Gasteiger partial charge in [0.15, 0.2) is 0 Å². The fourth-order valence-corrected chi connectivity index (χ4v) is 3.66. The summed E-state index contributed by atoms with van der Waals surface area (Å²) in [5.74, 6) is 0.384. The molecule has 0 fully saturated rings. The average Bonchev–Trinajstić information content (AvgIpc) is 3.19. The number of amides is 3. The first-order valence-electron chi connectivity index (χ1n) is 9.72. The summed E-state index contributed by atoms with van der Waals surface area (Å²) in [5.41, 5.74) is 2.34. The molecule has 1 heterocycles. The Bertz CT molecular complexity index is 963. The molecule has 0 spiro atoms. The highest BCUT2D eigenvalue weighted by molar-refractivity contribution is 6.34. The zero-order chi connectivity index (χ0) is 21.7. The first kappa shape index (κ1) is 21.6. The van der Waals surface area contributed by atoms with Crippen molar-refractivity contribution in [3.8, 4) is 5.75 Å². The Morgan fingerprint density at radius 2 is 1.93 bits per heavy atom. The van der Waals surface area contributed by atoms with E-state index in [1.807, 2.05) is 49.4 Å². The van der Waals surface area contributed by atoms with Gasteiger partial charge in [0.25, 0.3) is 5.91 Å². The molecule has 158 valence electrons. The van der Waals surface area contributed by atoms with E-state index in [9.17, 15) is 9.59 Å². The van der Waals surface area contributed by atoms with Crippen LogP contribution in [0, 0.1) is 0 Å². The minimum Gasteiger partial charge on any atom is -0.496 e. The lowest BCUT2D eigenvalue weighted by Gasteiger charge is -2.25. The number of rotatable bonds is 6. The SMILES string of the molecule is CCNC(=O)N(C)CC(=O)N1N=C(c2ccccc2Cl)C[C@@H]1c1ccccc1OC. The van der Waals surface area contributed by atoms with E-state index >= 15 is 0 Å². The molecule has 0 aliphatic carbocycles. The van der Waals surface area contributed by atoms with Gasteiger partial charge in [0.2, 0.25) is 0 Å². The predicted molar refractivity (Wildman–Crippen MR) is 117 cm³/mol. The molecule has 3 amide bonds. The van der Waals surface area contributed by atoms with Gasteiger partial charge in [0.05, 0.1) is 18.9 Å². The van der Waals surface area contributed by atoms with Gasteiger partial charge in [-0.15, -0.1) is 0 Å². The van der Waals surface area contributed by atoms with E-state index in [2.05, 4.69) is 10.4 Å². The van der Waals surface area contributed by atoms with Crippen molar-refractivity contribution >= 4 is 29.3 Å². The number of urea groups is 1. The second kappa shape index (κ2) is 9.63. The van der Waals surface area contributed by atoms with Crippen LogP contribution in [-0.2, 0) is 4.79 Å². The van der Waals surface area contributed by atoms with Crippen LogP contribution < -0.4 is 10.1 Å². The number of nitrogens with zero attached hydrogens (tertiary/aromatic N) is 3. The second-order valence-corrected chi connectivity index (χ2v) is 7.33. The Hall–Kier alpha value is -3.06. The molecule has 1 atom stereocenters. The Labute approximate surface area is 181 Å². The number of carbonyl (C=O) groups is 2.